The summed E-state index contributed by atoms with van der Waals surface area (Å²) in [4.78, 5) is 14.4. The zero-order valence-electron chi connectivity index (χ0n) is 12.6. The van der Waals surface area contributed by atoms with E-state index >= 15 is 0 Å². The van der Waals surface area contributed by atoms with E-state index in [-0.39, 0.29) is 11.9 Å². The van der Waals surface area contributed by atoms with Crippen LogP contribution < -0.4 is 4.74 Å². The predicted octanol–water partition coefficient (Wildman–Crippen LogP) is 3.86. The minimum absolute atomic E-state index is 0.00426. The first kappa shape index (κ1) is 14.9. The Balaban J connectivity index is 1.73. The van der Waals surface area contributed by atoms with E-state index in [1.807, 2.05) is 56.4 Å². The van der Waals surface area contributed by atoms with Crippen molar-refractivity contribution >= 4 is 17.5 Å². The maximum absolute atomic E-state index is 12.7. The minimum Gasteiger partial charge on any atom is -0.480 e. The number of nitrogens with zero attached hydrogens (tertiary/aromatic N) is 1. The van der Waals surface area contributed by atoms with Gasteiger partial charge in [-0.2, -0.15) is 0 Å². The van der Waals surface area contributed by atoms with Gasteiger partial charge in [-0.25, -0.2) is 0 Å². The van der Waals surface area contributed by atoms with E-state index in [1.165, 1.54) is 0 Å². The number of rotatable bonds is 3. The standard InChI is InChI=1S/C18H18ClNO2/c1-12(13-6-4-3-5-7-13)20(2)18(21)17-11-14-10-15(19)8-9-16(14)22-17/h3-10,12,17H,11H2,1-2H3/t12-,17+/m0/s1. The van der Waals surface area contributed by atoms with Crippen LogP contribution in [0.1, 0.15) is 24.1 Å². The van der Waals surface area contributed by atoms with Gasteiger partial charge in [-0.3, -0.25) is 4.79 Å². The van der Waals surface area contributed by atoms with Gasteiger partial charge in [-0.05, 0) is 36.2 Å². The molecule has 114 valence electrons. The van der Waals surface area contributed by atoms with Crippen molar-refractivity contribution in [3.05, 3.63) is 64.7 Å². The van der Waals surface area contributed by atoms with Crippen molar-refractivity contribution in [1.82, 2.24) is 4.90 Å². The summed E-state index contributed by atoms with van der Waals surface area (Å²) in [7, 11) is 1.82. The van der Waals surface area contributed by atoms with Crippen LogP contribution in [0.4, 0.5) is 0 Å². The Morgan fingerprint density at radius 2 is 2.00 bits per heavy atom. The molecule has 0 aliphatic carbocycles. The van der Waals surface area contributed by atoms with Crippen LogP contribution in [-0.2, 0) is 11.2 Å². The lowest BCUT2D eigenvalue weighted by Crippen LogP contribution is -2.40. The fourth-order valence-electron chi connectivity index (χ4n) is 2.73. The predicted molar refractivity (Wildman–Crippen MR) is 87.2 cm³/mol. The number of halogens is 1. The molecule has 0 radical (unpaired) electrons. The van der Waals surface area contributed by atoms with Crippen LogP contribution in [0.5, 0.6) is 5.75 Å². The Morgan fingerprint density at radius 3 is 2.73 bits per heavy atom. The topological polar surface area (TPSA) is 29.5 Å². The molecule has 1 aliphatic rings. The highest BCUT2D eigenvalue weighted by Gasteiger charge is 2.33. The smallest absolute Gasteiger partial charge is 0.264 e. The normalized spacial score (nSPS) is 17.5. The molecule has 4 heteroatoms. The summed E-state index contributed by atoms with van der Waals surface area (Å²) in [5.41, 5.74) is 2.10. The summed E-state index contributed by atoms with van der Waals surface area (Å²) >= 11 is 5.99. The molecule has 0 fully saturated rings. The number of likely N-dealkylation sites (N-methyl/N-ethyl adjacent to an activating group) is 1. The summed E-state index contributed by atoms with van der Waals surface area (Å²) in [6, 6.07) is 15.5. The number of hydrogen-bond acceptors (Lipinski definition) is 2. The molecule has 0 unspecified atom stereocenters. The van der Waals surface area contributed by atoms with Gasteiger partial charge in [0.1, 0.15) is 5.75 Å². The molecule has 0 bridgehead atoms. The van der Waals surface area contributed by atoms with Crippen molar-refractivity contribution in [3.63, 3.8) is 0 Å². The molecule has 0 saturated carbocycles. The number of ether oxygens (including phenoxy) is 1. The van der Waals surface area contributed by atoms with E-state index in [0.29, 0.717) is 11.4 Å². The lowest BCUT2D eigenvalue weighted by atomic mass is 10.1. The summed E-state index contributed by atoms with van der Waals surface area (Å²) in [5.74, 6) is 0.743. The summed E-state index contributed by atoms with van der Waals surface area (Å²) in [6.45, 7) is 2.02. The van der Waals surface area contributed by atoms with Crippen LogP contribution in [0.3, 0.4) is 0 Å². The van der Waals surface area contributed by atoms with Crippen molar-refractivity contribution in [2.24, 2.45) is 0 Å². The van der Waals surface area contributed by atoms with Gasteiger partial charge >= 0.3 is 0 Å². The lowest BCUT2D eigenvalue weighted by molar-refractivity contribution is -0.138. The Morgan fingerprint density at radius 1 is 1.27 bits per heavy atom. The van der Waals surface area contributed by atoms with Crippen LogP contribution in [-0.4, -0.2) is 24.0 Å². The van der Waals surface area contributed by atoms with E-state index in [4.69, 9.17) is 16.3 Å². The lowest BCUT2D eigenvalue weighted by Gasteiger charge is -2.27. The average Bonchev–Trinajstić information content (AvgIpc) is 2.96. The highest BCUT2D eigenvalue weighted by atomic mass is 35.5. The molecule has 1 amide bonds. The second-order valence-electron chi connectivity index (χ2n) is 5.60. The van der Waals surface area contributed by atoms with Gasteiger partial charge in [0, 0.05) is 18.5 Å². The van der Waals surface area contributed by atoms with Crippen molar-refractivity contribution in [2.75, 3.05) is 7.05 Å². The molecule has 3 rings (SSSR count). The fourth-order valence-corrected chi connectivity index (χ4v) is 2.92. The Kier molecular flexibility index (Phi) is 4.08. The number of carbonyl (C=O) groups excluding carboxylic acids is 1. The van der Waals surface area contributed by atoms with Crippen molar-refractivity contribution in [1.29, 1.82) is 0 Å². The Labute approximate surface area is 135 Å². The summed E-state index contributed by atoms with van der Waals surface area (Å²) in [5, 5.41) is 0.668. The monoisotopic (exact) mass is 315 g/mol. The molecule has 2 aromatic rings. The van der Waals surface area contributed by atoms with Crippen LogP contribution >= 0.6 is 11.6 Å². The molecule has 0 saturated heterocycles. The molecule has 22 heavy (non-hydrogen) atoms. The molecule has 2 atom stereocenters. The van der Waals surface area contributed by atoms with Crippen LogP contribution in [0.2, 0.25) is 5.02 Å². The highest BCUT2D eigenvalue weighted by molar-refractivity contribution is 6.30. The van der Waals surface area contributed by atoms with Crippen molar-refractivity contribution < 1.29 is 9.53 Å². The maximum Gasteiger partial charge on any atom is 0.264 e. The van der Waals surface area contributed by atoms with E-state index in [1.54, 1.807) is 11.0 Å². The number of hydrogen-bond donors (Lipinski definition) is 0. The SMILES string of the molecule is C[C@@H](c1ccccc1)N(C)C(=O)[C@H]1Cc2cc(Cl)ccc2O1. The number of fused-ring (bicyclic) bond motifs is 1. The second-order valence-corrected chi connectivity index (χ2v) is 6.03. The van der Waals surface area contributed by atoms with E-state index in [0.717, 1.165) is 16.9 Å². The van der Waals surface area contributed by atoms with Gasteiger partial charge in [0.2, 0.25) is 0 Å². The van der Waals surface area contributed by atoms with Gasteiger partial charge in [0.15, 0.2) is 6.10 Å². The summed E-state index contributed by atoms with van der Waals surface area (Å²) < 4.78 is 5.78. The van der Waals surface area contributed by atoms with Crippen LogP contribution in [0.25, 0.3) is 0 Å². The van der Waals surface area contributed by atoms with Gasteiger partial charge in [0.05, 0.1) is 6.04 Å². The maximum atomic E-state index is 12.7. The first-order valence-electron chi connectivity index (χ1n) is 7.33. The third-order valence-electron chi connectivity index (χ3n) is 4.18. The fraction of sp³-hybridized carbons (Fsp3) is 0.278. The molecule has 0 spiro atoms. The van der Waals surface area contributed by atoms with Gasteiger partial charge < -0.3 is 9.64 Å². The molecular formula is C18H18ClNO2. The third kappa shape index (κ3) is 2.81. The zero-order chi connectivity index (χ0) is 15.7. The molecule has 0 N–H and O–H groups in total. The molecule has 2 aromatic carbocycles. The number of carbonyl (C=O) groups is 1. The zero-order valence-corrected chi connectivity index (χ0v) is 13.4. The third-order valence-corrected chi connectivity index (χ3v) is 4.42. The van der Waals surface area contributed by atoms with Gasteiger partial charge in [-0.1, -0.05) is 41.9 Å². The van der Waals surface area contributed by atoms with E-state index in [2.05, 4.69) is 0 Å². The van der Waals surface area contributed by atoms with E-state index < -0.39 is 6.10 Å². The van der Waals surface area contributed by atoms with Gasteiger partial charge in [-0.15, -0.1) is 0 Å². The average molecular weight is 316 g/mol. The molecular weight excluding hydrogens is 298 g/mol. The van der Waals surface area contributed by atoms with Crippen LogP contribution in [0.15, 0.2) is 48.5 Å². The highest BCUT2D eigenvalue weighted by Crippen LogP contribution is 2.32. The largest absolute Gasteiger partial charge is 0.480 e. The number of benzene rings is 2. The Bertz CT molecular complexity index is 687. The molecule has 1 aliphatic heterocycles. The van der Waals surface area contributed by atoms with Crippen molar-refractivity contribution in [3.8, 4) is 5.75 Å². The first-order valence-corrected chi connectivity index (χ1v) is 7.71. The number of amides is 1. The van der Waals surface area contributed by atoms with Gasteiger partial charge in [0.25, 0.3) is 5.91 Å². The first-order chi connectivity index (χ1) is 10.6. The molecule has 0 aromatic heterocycles. The minimum atomic E-state index is -0.468. The second kappa shape index (κ2) is 6.01. The van der Waals surface area contributed by atoms with Crippen LogP contribution in [0, 0.1) is 0 Å². The summed E-state index contributed by atoms with van der Waals surface area (Å²) in [6.07, 6.45) is 0.102. The molecule has 1 heterocycles. The Hall–Kier alpha value is -2.00. The van der Waals surface area contributed by atoms with Crippen molar-refractivity contribution in [2.45, 2.75) is 25.5 Å². The van der Waals surface area contributed by atoms with E-state index in [9.17, 15) is 4.79 Å². The quantitative estimate of drug-likeness (QED) is 0.860. The molecule has 3 nitrogen and oxygen atoms in total.